The summed E-state index contributed by atoms with van der Waals surface area (Å²) in [7, 11) is 9.87. The van der Waals surface area contributed by atoms with Gasteiger partial charge in [-0.2, -0.15) is 0 Å². The summed E-state index contributed by atoms with van der Waals surface area (Å²) in [6, 6.07) is 42.3. The van der Waals surface area contributed by atoms with Gasteiger partial charge in [-0.05, 0) is 59.8 Å². The van der Waals surface area contributed by atoms with Crippen molar-refractivity contribution in [2.75, 3.05) is 0 Å². The normalized spacial score (nSPS) is 17.1. The maximum absolute atomic E-state index is 4.93. The molecule has 0 nitrogen and oxygen atoms in total. The van der Waals surface area contributed by atoms with Crippen molar-refractivity contribution < 1.29 is 20.8 Å². The molecule has 39 heavy (non-hydrogen) atoms. The van der Waals surface area contributed by atoms with Gasteiger partial charge in [0.2, 0.25) is 0 Å². The van der Waals surface area contributed by atoms with Gasteiger partial charge in [-0.1, -0.05) is 135 Å². The van der Waals surface area contributed by atoms with Crippen molar-refractivity contribution in [3.8, 4) is 0 Å². The molecule has 0 spiro atoms. The fourth-order valence-electron chi connectivity index (χ4n) is 4.73. The Labute approximate surface area is 254 Å². The topological polar surface area (TPSA) is 0 Å². The van der Waals surface area contributed by atoms with E-state index in [2.05, 4.69) is 161 Å². The molecule has 0 heterocycles. The Kier molecular flexibility index (Phi) is 12.4. The zero-order valence-electron chi connectivity index (χ0n) is 22.1. The Hall–Kier alpha value is -1.66. The molecule has 2 aliphatic rings. The van der Waals surface area contributed by atoms with Crippen LogP contribution in [0.25, 0.3) is 0 Å². The average Bonchev–Trinajstić information content (AvgIpc) is 3.58. The van der Waals surface area contributed by atoms with Crippen molar-refractivity contribution in [1.29, 1.82) is 0 Å². The Bertz CT molecular complexity index is 1010. The zero-order chi connectivity index (χ0) is 27.5. The Morgan fingerprint density at radius 1 is 0.359 bits per heavy atom. The fraction of sp³-hybridized carbons (Fsp3) is 0.0556. The average molecular weight is 625 g/mol. The summed E-state index contributed by atoms with van der Waals surface area (Å²) >= 11 is -0.826. The fourth-order valence-corrected chi connectivity index (χ4v) is 4.73. The number of halogens is 2. The third kappa shape index (κ3) is 8.66. The summed E-state index contributed by atoms with van der Waals surface area (Å²) in [6.45, 7) is 4.30. The Morgan fingerprint density at radius 3 is 0.718 bits per heavy atom. The SMILES string of the molecule is C[C]1[CH][C](c2ccccc2)[C](c2ccccc2)[CH]1.C[C]1[CH][C](c2ccccc2)[C](c2ccccc2)[CH]1.[Cl][Zr+2][Cl]. The van der Waals surface area contributed by atoms with Crippen LogP contribution in [0.3, 0.4) is 0 Å². The summed E-state index contributed by atoms with van der Waals surface area (Å²) < 4.78 is 0. The molecule has 3 heteroatoms. The molecule has 0 saturated heterocycles. The van der Waals surface area contributed by atoms with Gasteiger partial charge in [-0.3, -0.25) is 0 Å². The standard InChI is InChI=1S/2C18H15.2ClH.Zr/c2*1-14-12-17(15-8-4-2-5-9-15)18(13-14)16-10-6-3-7-11-16;;;/h2*2-13H,1H3;2*1H;/q;;;;+4/p-2. The first-order valence-corrected chi connectivity index (χ1v) is 19.2. The van der Waals surface area contributed by atoms with Gasteiger partial charge >= 0.3 is 37.9 Å². The summed E-state index contributed by atoms with van der Waals surface area (Å²) in [5.74, 6) is 7.90. The minimum absolute atomic E-state index is 0.826. The predicted molar refractivity (Wildman–Crippen MR) is 162 cm³/mol. The van der Waals surface area contributed by atoms with Crippen molar-refractivity contribution in [2.45, 2.75) is 13.8 Å². The first-order valence-electron chi connectivity index (χ1n) is 12.8. The molecule has 2 saturated carbocycles. The first-order chi connectivity index (χ1) is 19.1. The van der Waals surface area contributed by atoms with Crippen LogP contribution in [0.4, 0.5) is 0 Å². The van der Waals surface area contributed by atoms with E-state index in [-0.39, 0.29) is 0 Å². The molecule has 190 valence electrons. The molecule has 10 radical (unpaired) electrons. The number of rotatable bonds is 4. The molecule has 0 aromatic heterocycles. The molecule has 4 aromatic rings. The van der Waals surface area contributed by atoms with Gasteiger partial charge in [0.05, 0.1) is 0 Å². The number of hydrogen-bond acceptors (Lipinski definition) is 0. The van der Waals surface area contributed by atoms with Gasteiger partial charge in [0.15, 0.2) is 0 Å². The molecule has 6 rings (SSSR count). The third-order valence-electron chi connectivity index (χ3n) is 6.41. The molecule has 0 bridgehead atoms. The van der Waals surface area contributed by atoms with Crippen LogP contribution in [0.2, 0.25) is 0 Å². The molecule has 4 aromatic carbocycles. The number of hydrogen-bond donors (Lipinski definition) is 0. The molecule has 0 unspecified atom stereocenters. The van der Waals surface area contributed by atoms with Crippen molar-refractivity contribution in [3.05, 3.63) is 205 Å². The van der Waals surface area contributed by atoms with Crippen molar-refractivity contribution in [1.82, 2.24) is 0 Å². The molecule has 2 aliphatic carbocycles. The Balaban J connectivity index is 0.000000165. The third-order valence-corrected chi connectivity index (χ3v) is 6.41. The van der Waals surface area contributed by atoms with Crippen LogP contribution in [-0.2, 0) is 20.8 Å². The van der Waals surface area contributed by atoms with E-state index in [0.29, 0.717) is 0 Å². The summed E-state index contributed by atoms with van der Waals surface area (Å²) in [6.07, 6.45) is 9.05. The molecular formula is C36H30Cl2Zr+2. The van der Waals surface area contributed by atoms with Crippen LogP contribution in [0.5, 0.6) is 0 Å². The summed E-state index contributed by atoms with van der Waals surface area (Å²) in [4.78, 5) is 0. The second-order valence-electron chi connectivity index (χ2n) is 9.26. The number of benzene rings is 4. The van der Waals surface area contributed by atoms with Gasteiger partial charge in [-0.15, -0.1) is 0 Å². The van der Waals surface area contributed by atoms with Gasteiger partial charge in [0.25, 0.3) is 0 Å². The van der Waals surface area contributed by atoms with E-state index in [1.807, 2.05) is 0 Å². The van der Waals surface area contributed by atoms with E-state index >= 15 is 0 Å². The van der Waals surface area contributed by atoms with Gasteiger partial charge < -0.3 is 0 Å². The zero-order valence-corrected chi connectivity index (χ0v) is 26.1. The maximum atomic E-state index is 4.93. The monoisotopic (exact) mass is 622 g/mol. The van der Waals surface area contributed by atoms with Gasteiger partial charge in [0.1, 0.15) is 0 Å². The van der Waals surface area contributed by atoms with E-state index < -0.39 is 20.8 Å². The van der Waals surface area contributed by atoms with Crippen LogP contribution in [-0.4, -0.2) is 0 Å². The second kappa shape index (κ2) is 16.0. The van der Waals surface area contributed by atoms with Gasteiger partial charge in [-0.25, -0.2) is 0 Å². The van der Waals surface area contributed by atoms with E-state index in [4.69, 9.17) is 17.0 Å². The Morgan fingerprint density at radius 2 is 0.538 bits per heavy atom. The molecule has 0 amide bonds. The van der Waals surface area contributed by atoms with E-state index in [1.165, 1.54) is 57.8 Å². The van der Waals surface area contributed by atoms with Crippen LogP contribution in [0, 0.1) is 61.2 Å². The van der Waals surface area contributed by atoms with E-state index in [0.717, 1.165) is 0 Å². The van der Waals surface area contributed by atoms with Crippen molar-refractivity contribution in [2.24, 2.45) is 0 Å². The molecular weight excluding hydrogens is 595 g/mol. The van der Waals surface area contributed by atoms with E-state index in [9.17, 15) is 0 Å². The summed E-state index contributed by atoms with van der Waals surface area (Å²) in [5, 5.41) is 0. The van der Waals surface area contributed by atoms with Crippen molar-refractivity contribution in [3.63, 3.8) is 0 Å². The quantitative estimate of drug-likeness (QED) is 0.212. The molecule has 0 atom stereocenters. The first kappa shape index (κ1) is 30.3. The summed E-state index contributed by atoms with van der Waals surface area (Å²) in [5.41, 5.74) is 5.13. The predicted octanol–water partition coefficient (Wildman–Crippen LogP) is 9.87. The molecule has 2 fully saturated rings. The van der Waals surface area contributed by atoms with Gasteiger partial charge in [0, 0.05) is 23.7 Å². The van der Waals surface area contributed by atoms with E-state index in [1.54, 1.807) is 0 Å². The minimum atomic E-state index is -0.826. The van der Waals surface area contributed by atoms with Crippen LogP contribution in [0.15, 0.2) is 121 Å². The van der Waals surface area contributed by atoms with Crippen LogP contribution >= 0.6 is 17.0 Å². The van der Waals surface area contributed by atoms with Crippen LogP contribution in [0.1, 0.15) is 36.1 Å². The molecule has 0 N–H and O–H groups in total. The van der Waals surface area contributed by atoms with Crippen molar-refractivity contribution >= 4 is 17.0 Å². The second-order valence-corrected chi connectivity index (χ2v) is 13.0. The molecule has 0 aliphatic heterocycles. The van der Waals surface area contributed by atoms with Crippen LogP contribution < -0.4 is 0 Å².